The van der Waals surface area contributed by atoms with Gasteiger partial charge in [0.05, 0.1) is 11.1 Å². The van der Waals surface area contributed by atoms with Gasteiger partial charge in [-0.15, -0.1) is 0 Å². The summed E-state index contributed by atoms with van der Waals surface area (Å²) in [6.07, 6.45) is 4.57. The molecule has 1 unspecified atom stereocenters. The van der Waals surface area contributed by atoms with E-state index in [1.165, 1.54) is 22.3 Å². The van der Waals surface area contributed by atoms with Crippen LogP contribution < -0.4 is 0 Å². The zero-order valence-corrected chi connectivity index (χ0v) is 23.3. The number of aliphatic hydroxyl groups is 2. The van der Waals surface area contributed by atoms with Crippen molar-refractivity contribution in [2.45, 2.75) is 86.3 Å². The molecule has 4 heteroatoms. The number of hydrogen-bond donors (Lipinski definition) is 2. The largest absolute Gasteiger partial charge is 0.507 e. The van der Waals surface area contributed by atoms with Gasteiger partial charge in [0.15, 0.2) is 5.71 Å². The predicted octanol–water partition coefficient (Wildman–Crippen LogP) is 7.64. The van der Waals surface area contributed by atoms with Crippen LogP contribution in [0.4, 0.5) is 5.69 Å². The zero-order chi connectivity index (χ0) is 26.4. The van der Waals surface area contributed by atoms with Gasteiger partial charge in [0.1, 0.15) is 18.4 Å². The first-order valence-electron chi connectivity index (χ1n) is 14.0. The van der Waals surface area contributed by atoms with Gasteiger partial charge in [0.2, 0.25) is 5.69 Å². The van der Waals surface area contributed by atoms with E-state index in [9.17, 15) is 10.2 Å². The summed E-state index contributed by atoms with van der Waals surface area (Å²) >= 11 is 0. The number of aromatic nitrogens is 1. The minimum absolute atomic E-state index is 0.242. The second kappa shape index (κ2) is 9.98. The van der Waals surface area contributed by atoms with E-state index in [0.717, 1.165) is 78.7 Å². The second-order valence-corrected chi connectivity index (χ2v) is 10.7. The normalized spacial score (nSPS) is 19.3. The molecule has 2 aromatic carbocycles. The van der Waals surface area contributed by atoms with Crippen LogP contribution in [0.25, 0.3) is 22.0 Å². The van der Waals surface area contributed by atoms with Gasteiger partial charge in [0, 0.05) is 59.3 Å². The first-order chi connectivity index (χ1) is 17.8. The van der Waals surface area contributed by atoms with E-state index in [2.05, 4.69) is 87.1 Å². The Morgan fingerprint density at radius 2 is 1.68 bits per heavy atom. The summed E-state index contributed by atoms with van der Waals surface area (Å²) in [6.45, 7) is 14.8. The molecule has 2 heterocycles. The number of nitrogens with zero attached hydrogens (tertiary/aromatic N) is 2. The Kier molecular flexibility index (Phi) is 6.89. The maximum atomic E-state index is 11.7. The molecular weight excluding hydrogens is 456 g/mol. The van der Waals surface area contributed by atoms with Crippen molar-refractivity contribution in [2.75, 3.05) is 6.54 Å². The first kappa shape index (κ1) is 25.5. The molecule has 1 atom stereocenters. The quantitative estimate of drug-likeness (QED) is 0.314. The lowest BCUT2D eigenvalue weighted by Gasteiger charge is -2.31. The van der Waals surface area contributed by atoms with Gasteiger partial charge in [0.25, 0.3) is 0 Å². The van der Waals surface area contributed by atoms with Crippen molar-refractivity contribution in [1.82, 2.24) is 4.57 Å². The number of rotatable bonds is 8. The molecule has 2 aliphatic rings. The van der Waals surface area contributed by atoms with Crippen LogP contribution in [0.5, 0.6) is 0 Å². The maximum absolute atomic E-state index is 11.7. The van der Waals surface area contributed by atoms with Crippen molar-refractivity contribution in [3.63, 3.8) is 0 Å². The van der Waals surface area contributed by atoms with Crippen LogP contribution in [0.3, 0.4) is 0 Å². The van der Waals surface area contributed by atoms with E-state index >= 15 is 0 Å². The van der Waals surface area contributed by atoms with Crippen LogP contribution in [0.1, 0.15) is 81.3 Å². The van der Waals surface area contributed by atoms with E-state index in [1.54, 1.807) is 0 Å². The van der Waals surface area contributed by atoms with E-state index in [1.807, 2.05) is 0 Å². The number of hydrogen-bond acceptors (Lipinski definition) is 2. The zero-order valence-electron chi connectivity index (χ0n) is 23.3. The van der Waals surface area contributed by atoms with Crippen LogP contribution >= 0.6 is 0 Å². The van der Waals surface area contributed by atoms with Gasteiger partial charge in [-0.05, 0) is 50.5 Å². The van der Waals surface area contributed by atoms with Gasteiger partial charge >= 0.3 is 0 Å². The number of benzene rings is 2. The molecule has 0 radical (unpaired) electrons. The molecule has 0 saturated heterocycles. The number of aryl methyl sites for hydroxylation is 3. The lowest BCUT2D eigenvalue weighted by atomic mass is 9.76. The fourth-order valence-corrected chi connectivity index (χ4v) is 6.21. The third kappa shape index (κ3) is 3.97. The Labute approximate surface area is 221 Å². The van der Waals surface area contributed by atoms with Crippen LogP contribution in [-0.4, -0.2) is 37.7 Å². The minimum atomic E-state index is -0.821. The molecule has 1 aliphatic heterocycles. The molecule has 0 amide bonds. The highest BCUT2D eigenvalue weighted by molar-refractivity contribution is 6.27. The SMILES string of the molecule is CCCCn1c(C)c(C2=C(O)/C(=C3/C(C)=[N+](CCCC)c4ccc(C)cc43)C2O)c2cc(CC)ccc21. The van der Waals surface area contributed by atoms with E-state index in [0.29, 0.717) is 11.1 Å². The van der Waals surface area contributed by atoms with Gasteiger partial charge in [-0.3, -0.25) is 0 Å². The Balaban J connectivity index is 1.73. The summed E-state index contributed by atoms with van der Waals surface area (Å²) in [5.41, 5.74) is 11.5. The molecule has 0 spiro atoms. The monoisotopic (exact) mass is 497 g/mol. The molecule has 37 heavy (non-hydrogen) atoms. The Bertz CT molecular complexity index is 1480. The summed E-state index contributed by atoms with van der Waals surface area (Å²) in [4.78, 5) is 0. The average Bonchev–Trinajstić information content (AvgIpc) is 3.31. The van der Waals surface area contributed by atoms with E-state index in [-0.39, 0.29) is 5.76 Å². The Morgan fingerprint density at radius 3 is 2.35 bits per heavy atom. The highest BCUT2D eigenvalue weighted by atomic mass is 16.3. The number of fused-ring (bicyclic) bond motifs is 2. The van der Waals surface area contributed by atoms with Crippen LogP contribution in [0, 0.1) is 13.8 Å². The molecule has 1 aromatic heterocycles. The fourth-order valence-electron chi connectivity index (χ4n) is 6.21. The molecule has 0 fully saturated rings. The second-order valence-electron chi connectivity index (χ2n) is 10.7. The molecule has 0 bridgehead atoms. The predicted molar refractivity (Wildman–Crippen MR) is 155 cm³/mol. The molecule has 194 valence electrons. The first-order valence-corrected chi connectivity index (χ1v) is 14.0. The molecular formula is C33H41N2O2+. The van der Waals surface area contributed by atoms with Crippen LogP contribution in [0.15, 0.2) is 47.7 Å². The van der Waals surface area contributed by atoms with Crippen LogP contribution in [-0.2, 0) is 13.0 Å². The van der Waals surface area contributed by atoms with Crippen molar-refractivity contribution >= 4 is 33.4 Å². The lowest BCUT2D eigenvalue weighted by Crippen LogP contribution is -2.29. The van der Waals surface area contributed by atoms with Gasteiger partial charge in [-0.1, -0.05) is 51.3 Å². The number of aliphatic hydroxyl groups excluding tert-OH is 2. The maximum Gasteiger partial charge on any atom is 0.213 e. The summed E-state index contributed by atoms with van der Waals surface area (Å²) in [6, 6.07) is 13.2. The molecule has 4 nitrogen and oxygen atoms in total. The summed E-state index contributed by atoms with van der Waals surface area (Å²) in [5, 5.41) is 24.5. The van der Waals surface area contributed by atoms with Crippen molar-refractivity contribution in [3.8, 4) is 0 Å². The standard InChI is InChI=1S/C33H40N2O2/c1-7-10-16-34-21(5)28(24-18-20(4)12-14-26(24)34)30-32(36)31(33(30)37)29-22(6)35(17-11-8-2)27-15-13-23(9-3)19-25(27)29/h12-15,18-19,32,36H,7-11,16-17H2,1-6H3/p+1. The fraction of sp³-hybridized carbons (Fsp3) is 0.424. The highest BCUT2D eigenvalue weighted by Crippen LogP contribution is 2.50. The Hall–Kier alpha value is -3.11. The van der Waals surface area contributed by atoms with Crippen LogP contribution in [0.2, 0.25) is 0 Å². The lowest BCUT2D eigenvalue weighted by molar-refractivity contribution is -0.437. The van der Waals surface area contributed by atoms with E-state index in [4.69, 9.17) is 0 Å². The van der Waals surface area contributed by atoms with Gasteiger partial charge in [-0.2, -0.15) is 4.58 Å². The topological polar surface area (TPSA) is 48.4 Å². The minimum Gasteiger partial charge on any atom is -0.507 e. The van der Waals surface area contributed by atoms with Crippen molar-refractivity contribution < 1.29 is 14.8 Å². The summed E-state index contributed by atoms with van der Waals surface area (Å²) in [5.74, 6) is 0.242. The third-order valence-electron chi connectivity index (χ3n) is 8.34. The number of unbranched alkanes of at least 4 members (excludes halogenated alkanes) is 2. The molecule has 2 N–H and O–H groups in total. The molecule has 3 aromatic rings. The average molecular weight is 498 g/mol. The highest BCUT2D eigenvalue weighted by Gasteiger charge is 2.44. The summed E-state index contributed by atoms with van der Waals surface area (Å²) in [7, 11) is 0. The smallest absolute Gasteiger partial charge is 0.213 e. The molecule has 1 aliphatic carbocycles. The molecule has 0 saturated carbocycles. The van der Waals surface area contributed by atoms with Crippen molar-refractivity contribution in [2.24, 2.45) is 0 Å². The van der Waals surface area contributed by atoms with Gasteiger partial charge in [-0.25, -0.2) is 0 Å². The number of allylic oxidation sites excluding steroid dienone is 1. The van der Waals surface area contributed by atoms with Crippen molar-refractivity contribution in [1.29, 1.82) is 0 Å². The summed E-state index contributed by atoms with van der Waals surface area (Å²) < 4.78 is 4.72. The Morgan fingerprint density at radius 1 is 0.919 bits per heavy atom. The van der Waals surface area contributed by atoms with Gasteiger partial charge < -0.3 is 14.8 Å². The molecule has 5 rings (SSSR count). The van der Waals surface area contributed by atoms with Crippen molar-refractivity contribution in [3.05, 3.63) is 75.7 Å². The van der Waals surface area contributed by atoms with E-state index < -0.39 is 6.10 Å². The third-order valence-corrected chi connectivity index (χ3v) is 8.34.